The lowest BCUT2D eigenvalue weighted by atomic mass is 10.2. The molecule has 2 rings (SSSR count). The second kappa shape index (κ2) is 7.17. The van der Waals surface area contributed by atoms with Gasteiger partial charge in [-0.3, -0.25) is 0 Å². The molecule has 98 valence electrons. The third kappa shape index (κ3) is 4.27. The molecule has 0 aliphatic carbocycles. The van der Waals surface area contributed by atoms with Crippen LogP contribution in [0.5, 0.6) is 5.75 Å². The molecule has 19 heavy (non-hydrogen) atoms. The molecule has 0 radical (unpaired) electrons. The molecule has 5 heteroatoms. The highest BCUT2D eigenvalue weighted by Crippen LogP contribution is 2.23. The Labute approximate surface area is 121 Å². The van der Waals surface area contributed by atoms with Crippen LogP contribution in [0, 0.1) is 18.3 Å². The molecule has 1 aromatic heterocycles. The van der Waals surface area contributed by atoms with Crippen molar-refractivity contribution in [2.75, 3.05) is 12.4 Å². The molecule has 0 N–H and O–H groups in total. The van der Waals surface area contributed by atoms with E-state index in [0.717, 1.165) is 22.2 Å². The molecular weight excluding hydrogens is 276 g/mol. The number of rotatable bonds is 6. The number of hydrogen-bond acceptors (Lipinski definition) is 5. The number of benzene rings is 1. The maximum Gasteiger partial charge on any atom is 0.150 e. The fourth-order valence-corrected chi connectivity index (χ4v) is 3.32. The molecule has 0 aliphatic heterocycles. The van der Waals surface area contributed by atoms with Crippen LogP contribution in [0.1, 0.15) is 17.7 Å². The SMILES string of the molecule is Cc1csc(SCCCOc2ccccc2C#N)n1. The minimum atomic E-state index is 0.589. The summed E-state index contributed by atoms with van der Waals surface area (Å²) < 4.78 is 6.72. The summed E-state index contributed by atoms with van der Waals surface area (Å²) in [5, 5.41) is 11.0. The van der Waals surface area contributed by atoms with Crippen LogP contribution >= 0.6 is 23.1 Å². The zero-order valence-electron chi connectivity index (χ0n) is 10.6. The summed E-state index contributed by atoms with van der Waals surface area (Å²) in [6.45, 7) is 2.62. The molecule has 0 bridgehead atoms. The van der Waals surface area contributed by atoms with Gasteiger partial charge in [-0.1, -0.05) is 23.9 Å². The highest BCUT2D eigenvalue weighted by molar-refractivity contribution is 8.00. The van der Waals surface area contributed by atoms with Gasteiger partial charge in [0.1, 0.15) is 16.2 Å². The number of aryl methyl sites for hydroxylation is 1. The monoisotopic (exact) mass is 290 g/mol. The molecule has 1 heterocycles. The van der Waals surface area contributed by atoms with Gasteiger partial charge in [-0.2, -0.15) is 5.26 Å². The van der Waals surface area contributed by atoms with Crippen molar-refractivity contribution in [3.63, 3.8) is 0 Å². The van der Waals surface area contributed by atoms with Gasteiger partial charge in [-0.25, -0.2) is 4.98 Å². The van der Waals surface area contributed by atoms with Gasteiger partial charge in [0.2, 0.25) is 0 Å². The Kier molecular flexibility index (Phi) is 5.25. The number of para-hydroxylation sites is 1. The Morgan fingerprint density at radius 3 is 3.00 bits per heavy atom. The van der Waals surface area contributed by atoms with Crippen LogP contribution in [0.2, 0.25) is 0 Å². The van der Waals surface area contributed by atoms with E-state index < -0.39 is 0 Å². The predicted octanol–water partition coefficient (Wildman–Crippen LogP) is 3.88. The van der Waals surface area contributed by atoms with Crippen molar-refractivity contribution in [3.8, 4) is 11.8 Å². The van der Waals surface area contributed by atoms with Crippen molar-refractivity contribution >= 4 is 23.1 Å². The molecule has 0 amide bonds. The van der Waals surface area contributed by atoms with E-state index in [1.165, 1.54) is 0 Å². The van der Waals surface area contributed by atoms with E-state index >= 15 is 0 Å². The Morgan fingerprint density at radius 2 is 2.26 bits per heavy atom. The quantitative estimate of drug-likeness (QED) is 0.598. The fourth-order valence-electron chi connectivity index (χ4n) is 1.48. The van der Waals surface area contributed by atoms with E-state index in [1.807, 2.05) is 25.1 Å². The molecule has 0 fully saturated rings. The number of nitrogens with zero attached hydrogens (tertiary/aromatic N) is 2. The van der Waals surface area contributed by atoms with Crippen LogP contribution in [0.4, 0.5) is 0 Å². The first-order valence-corrected chi connectivity index (χ1v) is 7.83. The second-order valence-corrected chi connectivity index (χ2v) is 6.11. The van der Waals surface area contributed by atoms with Crippen molar-refractivity contribution in [1.82, 2.24) is 4.98 Å². The Bertz CT molecular complexity index is 575. The minimum absolute atomic E-state index is 0.589. The summed E-state index contributed by atoms with van der Waals surface area (Å²) in [7, 11) is 0. The zero-order valence-corrected chi connectivity index (χ0v) is 12.3. The first-order chi connectivity index (χ1) is 9.29. The summed E-state index contributed by atoms with van der Waals surface area (Å²) in [4.78, 5) is 4.39. The smallest absolute Gasteiger partial charge is 0.150 e. The van der Waals surface area contributed by atoms with Gasteiger partial charge in [0.05, 0.1) is 12.2 Å². The van der Waals surface area contributed by atoms with Crippen LogP contribution in [-0.2, 0) is 0 Å². The molecule has 0 atom stereocenters. The van der Waals surface area contributed by atoms with Crippen LogP contribution in [0.25, 0.3) is 0 Å². The largest absolute Gasteiger partial charge is 0.492 e. The molecule has 0 aliphatic rings. The van der Waals surface area contributed by atoms with E-state index in [0.29, 0.717) is 17.9 Å². The third-order valence-corrected chi connectivity index (χ3v) is 4.60. The molecular formula is C14H14N2OS2. The van der Waals surface area contributed by atoms with Gasteiger partial charge in [0.25, 0.3) is 0 Å². The predicted molar refractivity (Wildman–Crippen MR) is 78.8 cm³/mol. The van der Waals surface area contributed by atoms with E-state index in [9.17, 15) is 0 Å². The average molecular weight is 290 g/mol. The zero-order chi connectivity index (χ0) is 13.5. The lowest BCUT2D eigenvalue weighted by Gasteiger charge is -2.06. The van der Waals surface area contributed by atoms with Gasteiger partial charge in [0, 0.05) is 16.8 Å². The summed E-state index contributed by atoms with van der Waals surface area (Å²) in [6, 6.07) is 9.44. The average Bonchev–Trinajstić information content (AvgIpc) is 2.84. The number of aromatic nitrogens is 1. The Balaban J connectivity index is 1.71. The van der Waals surface area contributed by atoms with Crippen molar-refractivity contribution in [2.45, 2.75) is 17.7 Å². The van der Waals surface area contributed by atoms with Gasteiger partial charge >= 0.3 is 0 Å². The van der Waals surface area contributed by atoms with Crippen LogP contribution < -0.4 is 4.74 Å². The third-order valence-electron chi connectivity index (χ3n) is 2.38. The van der Waals surface area contributed by atoms with Crippen molar-refractivity contribution in [1.29, 1.82) is 5.26 Å². The van der Waals surface area contributed by atoms with Gasteiger partial charge in [-0.05, 0) is 25.5 Å². The Hall–Kier alpha value is -1.51. The summed E-state index contributed by atoms with van der Waals surface area (Å²) >= 11 is 3.43. The number of thiazole rings is 1. The summed E-state index contributed by atoms with van der Waals surface area (Å²) in [5.41, 5.74) is 1.66. The van der Waals surface area contributed by atoms with Gasteiger partial charge in [-0.15, -0.1) is 11.3 Å². The minimum Gasteiger partial charge on any atom is -0.492 e. The normalized spacial score (nSPS) is 10.1. The van der Waals surface area contributed by atoms with E-state index in [-0.39, 0.29) is 0 Å². The highest BCUT2D eigenvalue weighted by atomic mass is 32.2. The Morgan fingerprint density at radius 1 is 1.42 bits per heavy atom. The van der Waals surface area contributed by atoms with Crippen LogP contribution in [-0.4, -0.2) is 17.3 Å². The van der Waals surface area contributed by atoms with E-state index in [1.54, 1.807) is 29.2 Å². The topological polar surface area (TPSA) is 45.9 Å². The molecule has 2 aromatic rings. The lowest BCUT2D eigenvalue weighted by Crippen LogP contribution is -2.00. The molecule has 0 spiro atoms. The van der Waals surface area contributed by atoms with Crippen molar-refractivity contribution in [2.24, 2.45) is 0 Å². The van der Waals surface area contributed by atoms with Crippen LogP contribution in [0.15, 0.2) is 34.0 Å². The van der Waals surface area contributed by atoms with Gasteiger partial charge < -0.3 is 4.74 Å². The first kappa shape index (κ1) is 13.9. The number of ether oxygens (including phenoxy) is 1. The molecule has 3 nitrogen and oxygen atoms in total. The highest BCUT2D eigenvalue weighted by Gasteiger charge is 2.02. The van der Waals surface area contributed by atoms with Crippen molar-refractivity contribution in [3.05, 3.63) is 40.9 Å². The molecule has 0 saturated heterocycles. The van der Waals surface area contributed by atoms with Gasteiger partial charge in [0.15, 0.2) is 0 Å². The summed E-state index contributed by atoms with van der Waals surface area (Å²) in [5.74, 6) is 1.64. The number of nitriles is 1. The second-order valence-electron chi connectivity index (χ2n) is 3.91. The molecule has 0 saturated carbocycles. The molecule has 0 unspecified atom stereocenters. The number of thioether (sulfide) groups is 1. The lowest BCUT2D eigenvalue weighted by molar-refractivity contribution is 0.318. The van der Waals surface area contributed by atoms with E-state index in [4.69, 9.17) is 10.00 Å². The standard InChI is InChI=1S/C14H14N2OS2/c1-11-10-19-14(16-11)18-8-4-7-17-13-6-3-2-5-12(13)9-15/h2-3,5-6,10H,4,7-8H2,1H3. The molecule has 1 aromatic carbocycles. The summed E-state index contributed by atoms with van der Waals surface area (Å²) in [6.07, 6.45) is 0.934. The van der Waals surface area contributed by atoms with E-state index in [2.05, 4.69) is 16.4 Å². The maximum atomic E-state index is 8.93. The maximum absolute atomic E-state index is 8.93. The van der Waals surface area contributed by atoms with Crippen molar-refractivity contribution < 1.29 is 4.74 Å². The van der Waals surface area contributed by atoms with Crippen LogP contribution in [0.3, 0.4) is 0 Å². The first-order valence-electron chi connectivity index (χ1n) is 5.96. The fraction of sp³-hybridized carbons (Fsp3) is 0.286. The number of hydrogen-bond donors (Lipinski definition) is 0.